The molecule has 0 radical (unpaired) electrons. The lowest BCUT2D eigenvalue weighted by Gasteiger charge is -2.04. The van der Waals surface area contributed by atoms with Crippen molar-refractivity contribution < 1.29 is 0 Å². The number of rotatable bonds is 13. The third-order valence-corrected chi connectivity index (χ3v) is 5.72. The van der Waals surface area contributed by atoms with Gasteiger partial charge in [-0.05, 0) is 60.5 Å². The maximum atomic E-state index is 8.25. The van der Waals surface area contributed by atoms with Crippen molar-refractivity contribution in [1.29, 1.82) is 5.26 Å². The lowest BCUT2D eigenvalue weighted by Crippen LogP contribution is -1.97. The van der Waals surface area contributed by atoms with Crippen LogP contribution in [-0.2, 0) is 6.54 Å². The summed E-state index contributed by atoms with van der Waals surface area (Å²) < 4.78 is 2.14. The standard InChI is InChI=1S/C11H20N2S.C9H17NS.5CH4/c1-11(2)4-9-14-8-3-6-13-7-5-12-10-13;1-9(2)5-8-11-7-4-3-6-10;;;;;/h5,7,10-11H,3-4,6,8-9H2,1-2H3;9H,3-5,7-8H2,1-2H3;5*1H4. The topological polar surface area (TPSA) is 41.6 Å². The number of nitrogens with zero attached hydrogens (tertiary/aromatic N) is 3. The number of aryl methyl sites for hydroxylation is 1. The highest BCUT2D eigenvalue weighted by Gasteiger charge is 1.95. The van der Waals surface area contributed by atoms with E-state index >= 15 is 0 Å². The molecule has 0 aliphatic heterocycles. The minimum absolute atomic E-state index is 0. The molecule has 0 amide bonds. The van der Waals surface area contributed by atoms with Crippen molar-refractivity contribution >= 4 is 23.5 Å². The van der Waals surface area contributed by atoms with E-state index in [9.17, 15) is 0 Å². The van der Waals surface area contributed by atoms with Crippen molar-refractivity contribution in [2.45, 2.75) is 103 Å². The summed E-state index contributed by atoms with van der Waals surface area (Å²) in [6.45, 7) is 10.2. The van der Waals surface area contributed by atoms with Crippen molar-refractivity contribution in [1.82, 2.24) is 9.55 Å². The molecule has 0 saturated heterocycles. The fourth-order valence-electron chi connectivity index (χ4n) is 1.86. The monoisotopic (exact) mass is 463 g/mol. The fraction of sp³-hybridized carbons (Fsp3) is 0.840. The molecule has 3 nitrogen and oxygen atoms in total. The van der Waals surface area contributed by atoms with Gasteiger partial charge in [-0.15, -0.1) is 0 Å². The van der Waals surface area contributed by atoms with Gasteiger partial charge in [-0.3, -0.25) is 0 Å². The molecular weight excluding hydrogens is 406 g/mol. The van der Waals surface area contributed by atoms with Gasteiger partial charge < -0.3 is 4.57 Å². The van der Waals surface area contributed by atoms with E-state index in [1.807, 2.05) is 30.5 Å². The van der Waals surface area contributed by atoms with Crippen LogP contribution in [0.1, 0.15) is 96.9 Å². The van der Waals surface area contributed by atoms with Gasteiger partial charge in [0.15, 0.2) is 0 Å². The van der Waals surface area contributed by atoms with Crippen LogP contribution in [0.2, 0.25) is 0 Å². The molecule has 0 aliphatic rings. The summed E-state index contributed by atoms with van der Waals surface area (Å²) in [5.74, 6) is 6.64. The molecule has 0 fully saturated rings. The van der Waals surface area contributed by atoms with Crippen molar-refractivity contribution in [3.63, 3.8) is 0 Å². The lowest BCUT2D eigenvalue weighted by atomic mass is 10.2. The van der Waals surface area contributed by atoms with Crippen LogP contribution in [0.4, 0.5) is 0 Å². The van der Waals surface area contributed by atoms with Gasteiger partial charge in [-0.1, -0.05) is 64.8 Å². The van der Waals surface area contributed by atoms with Crippen molar-refractivity contribution in [3.05, 3.63) is 18.7 Å². The Morgan fingerprint density at radius 2 is 1.33 bits per heavy atom. The first-order valence-corrected chi connectivity index (χ1v) is 11.8. The van der Waals surface area contributed by atoms with Crippen molar-refractivity contribution in [3.8, 4) is 6.07 Å². The molecule has 0 unspecified atom stereocenters. The molecule has 1 aromatic rings. The van der Waals surface area contributed by atoms with Crippen LogP contribution in [0, 0.1) is 23.2 Å². The summed E-state index contributed by atoms with van der Waals surface area (Å²) in [5.41, 5.74) is 0. The van der Waals surface area contributed by atoms with E-state index in [2.05, 4.69) is 55.1 Å². The van der Waals surface area contributed by atoms with E-state index < -0.39 is 0 Å². The van der Waals surface area contributed by atoms with E-state index in [1.54, 1.807) is 0 Å². The van der Waals surface area contributed by atoms with Gasteiger partial charge in [-0.25, -0.2) is 4.98 Å². The van der Waals surface area contributed by atoms with Crippen LogP contribution in [0.3, 0.4) is 0 Å². The zero-order valence-electron chi connectivity index (χ0n) is 16.6. The average molecular weight is 464 g/mol. The number of aromatic nitrogens is 2. The van der Waals surface area contributed by atoms with Gasteiger partial charge in [0.2, 0.25) is 0 Å². The first kappa shape index (κ1) is 43.3. The predicted octanol–water partition coefficient (Wildman–Crippen LogP) is 9.30. The molecule has 0 aliphatic carbocycles. The van der Waals surface area contributed by atoms with Gasteiger partial charge in [-0.2, -0.15) is 28.8 Å². The third-order valence-electron chi connectivity index (χ3n) is 3.52. The summed E-state index contributed by atoms with van der Waals surface area (Å²) in [4.78, 5) is 4.02. The van der Waals surface area contributed by atoms with E-state index in [-0.39, 0.29) is 37.1 Å². The molecular formula is C25H57N3S2. The Hall–Kier alpha value is -0.600. The molecule has 0 aromatic carbocycles. The summed E-state index contributed by atoms with van der Waals surface area (Å²) in [6, 6.07) is 2.15. The maximum absolute atomic E-state index is 8.25. The Morgan fingerprint density at radius 1 is 0.833 bits per heavy atom. The number of thioether (sulfide) groups is 2. The van der Waals surface area contributed by atoms with Crippen LogP contribution in [-0.4, -0.2) is 32.6 Å². The molecule has 184 valence electrons. The second-order valence-corrected chi connectivity index (χ2v) is 9.46. The van der Waals surface area contributed by atoms with Crippen molar-refractivity contribution in [2.24, 2.45) is 11.8 Å². The number of hydrogen-bond donors (Lipinski definition) is 0. The number of hydrogen-bond acceptors (Lipinski definition) is 4. The Kier molecular flexibility index (Phi) is 47.7. The second-order valence-electron chi connectivity index (χ2n) is 7.01. The largest absolute Gasteiger partial charge is 0.337 e. The smallest absolute Gasteiger partial charge is 0.0945 e. The van der Waals surface area contributed by atoms with Gasteiger partial charge in [0.1, 0.15) is 0 Å². The molecule has 0 bridgehead atoms. The minimum Gasteiger partial charge on any atom is -0.337 e. The van der Waals surface area contributed by atoms with Crippen LogP contribution >= 0.6 is 23.5 Å². The van der Waals surface area contributed by atoms with E-state index in [4.69, 9.17) is 5.26 Å². The Labute approximate surface area is 201 Å². The molecule has 0 atom stereocenters. The Bertz CT molecular complexity index is 413. The number of nitriles is 1. The molecule has 30 heavy (non-hydrogen) atoms. The van der Waals surface area contributed by atoms with E-state index in [1.165, 1.54) is 36.5 Å². The van der Waals surface area contributed by atoms with Crippen molar-refractivity contribution in [2.75, 3.05) is 23.0 Å². The molecule has 0 spiro atoms. The average Bonchev–Trinajstić information content (AvgIpc) is 3.07. The summed E-state index contributed by atoms with van der Waals surface area (Å²) in [7, 11) is 0. The maximum Gasteiger partial charge on any atom is 0.0945 e. The Balaban J connectivity index is -0.0000000841. The minimum atomic E-state index is 0. The highest BCUT2D eigenvalue weighted by Crippen LogP contribution is 2.11. The summed E-state index contributed by atoms with van der Waals surface area (Å²) in [5, 5.41) is 8.25. The SMILES string of the molecule is C.C.C.C.C.CC(C)CCSCCCC#N.CC(C)CCSCCCn1ccnc1. The molecule has 0 saturated carbocycles. The summed E-state index contributed by atoms with van der Waals surface area (Å²) >= 11 is 4.04. The number of unbranched alkanes of at least 4 members (excludes halogenated alkanes) is 1. The molecule has 5 heteroatoms. The fourth-order valence-corrected chi connectivity index (χ4v) is 4.23. The second kappa shape index (κ2) is 33.0. The normalized spacial score (nSPS) is 8.83. The highest BCUT2D eigenvalue weighted by molar-refractivity contribution is 7.99. The van der Waals surface area contributed by atoms with Gasteiger partial charge in [0.05, 0.1) is 12.4 Å². The molecule has 1 aromatic heterocycles. The first-order valence-electron chi connectivity index (χ1n) is 9.54. The summed E-state index contributed by atoms with van der Waals surface area (Å²) in [6.07, 6.45) is 11.4. The first-order chi connectivity index (χ1) is 12.1. The van der Waals surface area contributed by atoms with Gasteiger partial charge >= 0.3 is 0 Å². The quantitative estimate of drug-likeness (QED) is 0.273. The van der Waals surface area contributed by atoms with Crippen LogP contribution in [0.5, 0.6) is 0 Å². The zero-order valence-corrected chi connectivity index (χ0v) is 18.2. The van der Waals surface area contributed by atoms with E-state index in [0.29, 0.717) is 6.42 Å². The zero-order chi connectivity index (χ0) is 18.8. The lowest BCUT2D eigenvalue weighted by molar-refractivity contribution is 0.631. The Morgan fingerprint density at radius 3 is 1.73 bits per heavy atom. The van der Waals surface area contributed by atoms with Crippen LogP contribution in [0.15, 0.2) is 18.7 Å². The number of imidazole rings is 1. The van der Waals surface area contributed by atoms with E-state index in [0.717, 1.165) is 30.6 Å². The molecule has 0 N–H and O–H groups in total. The van der Waals surface area contributed by atoms with Gasteiger partial charge in [0, 0.05) is 25.4 Å². The third kappa shape index (κ3) is 34.9. The molecule has 1 rings (SSSR count). The van der Waals surface area contributed by atoms with Crippen LogP contribution in [0.25, 0.3) is 0 Å². The van der Waals surface area contributed by atoms with Crippen LogP contribution < -0.4 is 0 Å². The highest BCUT2D eigenvalue weighted by atomic mass is 32.2. The van der Waals surface area contributed by atoms with Gasteiger partial charge in [0.25, 0.3) is 0 Å². The molecule has 1 heterocycles. The predicted molar refractivity (Wildman–Crippen MR) is 149 cm³/mol.